The monoisotopic (exact) mass is 348 g/mol. The topological polar surface area (TPSA) is 80.5 Å². The van der Waals surface area contributed by atoms with E-state index in [-0.39, 0.29) is 17.5 Å². The minimum Gasteiger partial charge on any atom is -0.369 e. The molecule has 0 aliphatic heterocycles. The predicted molar refractivity (Wildman–Crippen MR) is 77.1 cm³/mol. The van der Waals surface area contributed by atoms with Crippen LogP contribution in [0.3, 0.4) is 0 Å². The first-order chi connectivity index (χ1) is 8.66. The highest BCUT2D eigenvalue weighted by Gasteiger charge is 2.28. The quantitative estimate of drug-likeness (QED) is 0.878. The number of primary amides is 1. The molecule has 1 amide bonds. The Hall–Kier alpha value is -0.920. The number of amides is 1. The lowest BCUT2D eigenvalue weighted by Gasteiger charge is -2.24. The zero-order chi connectivity index (χ0) is 14.8. The lowest BCUT2D eigenvalue weighted by molar-refractivity contribution is -0.118. The summed E-state index contributed by atoms with van der Waals surface area (Å²) in [5.74, 6) is -0.675. The maximum absolute atomic E-state index is 12.5. The average molecular weight is 349 g/mol. The van der Waals surface area contributed by atoms with Gasteiger partial charge < -0.3 is 5.73 Å². The maximum Gasteiger partial charge on any atom is 0.243 e. The molecule has 0 spiro atoms. The lowest BCUT2D eigenvalue weighted by atomic mass is 10.2. The molecule has 0 unspecified atom stereocenters. The minimum absolute atomic E-state index is 0.156. The van der Waals surface area contributed by atoms with E-state index < -0.39 is 15.9 Å². The summed E-state index contributed by atoms with van der Waals surface area (Å²) < 4.78 is 26.9. The van der Waals surface area contributed by atoms with Gasteiger partial charge in [-0.1, -0.05) is 15.9 Å². The van der Waals surface area contributed by atoms with Crippen LogP contribution in [0.25, 0.3) is 0 Å². The predicted octanol–water partition coefficient (Wildman–Crippen LogP) is 1.64. The molecule has 0 saturated carbocycles. The van der Waals surface area contributed by atoms with Gasteiger partial charge in [0.05, 0.1) is 11.4 Å². The third-order valence-corrected chi connectivity index (χ3v) is 5.53. The number of carbonyl (C=O) groups excluding carboxylic acids is 1. The van der Waals surface area contributed by atoms with Crippen molar-refractivity contribution in [1.29, 1.82) is 0 Å². The van der Waals surface area contributed by atoms with E-state index in [9.17, 15) is 13.2 Å². The first-order valence-corrected chi connectivity index (χ1v) is 7.96. The normalized spacial score (nSPS) is 12.1. The number of rotatable bonds is 5. The van der Waals surface area contributed by atoms with Crippen molar-refractivity contribution >= 4 is 31.9 Å². The third kappa shape index (κ3) is 3.77. The summed E-state index contributed by atoms with van der Waals surface area (Å²) >= 11 is 3.32. The summed E-state index contributed by atoms with van der Waals surface area (Å²) in [5, 5.41) is 0. The van der Waals surface area contributed by atoms with Gasteiger partial charge in [-0.3, -0.25) is 4.79 Å². The molecule has 19 heavy (non-hydrogen) atoms. The molecule has 0 heterocycles. The number of sulfonamides is 1. The Morgan fingerprint density at radius 1 is 1.42 bits per heavy atom. The van der Waals surface area contributed by atoms with E-state index in [4.69, 9.17) is 5.73 Å². The molecule has 5 nitrogen and oxygen atoms in total. The standard InChI is InChI=1S/C12H17BrN2O3S/c1-8(2)15(7-12(14)16)19(17,18)10-4-5-11(13)9(3)6-10/h4-6,8H,7H2,1-3H3,(H2,14,16). The Labute approximate surface area is 122 Å². The van der Waals surface area contributed by atoms with Gasteiger partial charge in [-0.15, -0.1) is 0 Å². The van der Waals surface area contributed by atoms with Crippen molar-refractivity contribution < 1.29 is 13.2 Å². The molecular formula is C12H17BrN2O3S. The van der Waals surface area contributed by atoms with E-state index in [1.807, 2.05) is 0 Å². The second-order valence-electron chi connectivity index (χ2n) is 4.52. The highest BCUT2D eigenvalue weighted by atomic mass is 79.9. The molecule has 0 saturated heterocycles. The number of nitrogens with two attached hydrogens (primary N) is 1. The van der Waals surface area contributed by atoms with Crippen LogP contribution in [0, 0.1) is 6.92 Å². The van der Waals surface area contributed by atoms with Gasteiger partial charge in [0.1, 0.15) is 0 Å². The molecule has 0 aliphatic carbocycles. The first kappa shape index (κ1) is 16.1. The van der Waals surface area contributed by atoms with E-state index >= 15 is 0 Å². The van der Waals surface area contributed by atoms with E-state index in [2.05, 4.69) is 15.9 Å². The van der Waals surface area contributed by atoms with Crippen LogP contribution < -0.4 is 5.73 Å². The summed E-state index contributed by atoms with van der Waals surface area (Å²) in [6.07, 6.45) is 0. The summed E-state index contributed by atoms with van der Waals surface area (Å²) in [5.41, 5.74) is 5.92. The third-order valence-electron chi connectivity index (χ3n) is 2.62. The molecule has 0 radical (unpaired) electrons. The molecule has 7 heteroatoms. The SMILES string of the molecule is Cc1cc(S(=O)(=O)N(CC(N)=O)C(C)C)ccc1Br. The number of halogens is 1. The van der Waals surface area contributed by atoms with Crippen molar-refractivity contribution in [3.8, 4) is 0 Å². The summed E-state index contributed by atoms with van der Waals surface area (Å²) in [6.45, 7) is 4.88. The smallest absolute Gasteiger partial charge is 0.243 e. The Bertz CT molecular complexity index is 585. The van der Waals surface area contributed by atoms with Gasteiger partial charge in [-0.05, 0) is 44.5 Å². The van der Waals surface area contributed by atoms with Crippen LogP contribution in [0.5, 0.6) is 0 Å². The second-order valence-corrected chi connectivity index (χ2v) is 7.27. The number of hydrogen-bond donors (Lipinski definition) is 1. The van der Waals surface area contributed by atoms with E-state index in [1.54, 1.807) is 32.9 Å². The van der Waals surface area contributed by atoms with Crippen molar-refractivity contribution in [3.05, 3.63) is 28.2 Å². The van der Waals surface area contributed by atoms with Gasteiger partial charge in [0.25, 0.3) is 0 Å². The average Bonchev–Trinajstić information content (AvgIpc) is 2.28. The van der Waals surface area contributed by atoms with Crippen molar-refractivity contribution in [1.82, 2.24) is 4.31 Å². The fourth-order valence-electron chi connectivity index (χ4n) is 1.61. The zero-order valence-corrected chi connectivity index (χ0v) is 13.5. The Kier molecular flexibility index (Phi) is 5.11. The fraction of sp³-hybridized carbons (Fsp3) is 0.417. The van der Waals surface area contributed by atoms with Crippen molar-refractivity contribution in [2.45, 2.75) is 31.7 Å². The number of benzene rings is 1. The second kappa shape index (κ2) is 6.02. The number of hydrogen-bond acceptors (Lipinski definition) is 3. The van der Waals surface area contributed by atoms with Crippen LogP contribution in [0.15, 0.2) is 27.6 Å². The van der Waals surface area contributed by atoms with Gasteiger partial charge in [0.15, 0.2) is 0 Å². The van der Waals surface area contributed by atoms with Crippen molar-refractivity contribution in [2.24, 2.45) is 5.73 Å². The Balaban J connectivity index is 3.26. The highest BCUT2D eigenvalue weighted by molar-refractivity contribution is 9.10. The van der Waals surface area contributed by atoms with Crippen LogP contribution in [-0.2, 0) is 14.8 Å². The lowest BCUT2D eigenvalue weighted by Crippen LogP contribution is -2.42. The summed E-state index contributed by atoms with van der Waals surface area (Å²) in [6, 6.07) is 4.39. The Morgan fingerprint density at radius 3 is 2.42 bits per heavy atom. The largest absolute Gasteiger partial charge is 0.369 e. The van der Waals surface area contributed by atoms with Gasteiger partial charge in [0, 0.05) is 10.5 Å². The maximum atomic E-state index is 12.5. The van der Waals surface area contributed by atoms with E-state index in [0.717, 1.165) is 14.3 Å². The summed E-state index contributed by atoms with van der Waals surface area (Å²) in [7, 11) is -3.72. The molecule has 0 aliphatic rings. The molecule has 0 atom stereocenters. The van der Waals surface area contributed by atoms with Crippen molar-refractivity contribution in [3.63, 3.8) is 0 Å². The highest BCUT2D eigenvalue weighted by Crippen LogP contribution is 2.23. The van der Waals surface area contributed by atoms with Crippen LogP contribution in [-0.4, -0.2) is 31.2 Å². The number of nitrogens with zero attached hydrogens (tertiary/aromatic N) is 1. The van der Waals surface area contributed by atoms with E-state index in [1.165, 1.54) is 6.07 Å². The molecule has 106 valence electrons. The van der Waals surface area contributed by atoms with Crippen LogP contribution in [0.1, 0.15) is 19.4 Å². The molecule has 0 fully saturated rings. The van der Waals surface area contributed by atoms with Crippen LogP contribution in [0.2, 0.25) is 0 Å². The molecule has 1 aromatic rings. The molecule has 1 aromatic carbocycles. The van der Waals surface area contributed by atoms with Crippen LogP contribution in [0.4, 0.5) is 0 Å². The van der Waals surface area contributed by atoms with Gasteiger partial charge >= 0.3 is 0 Å². The molecule has 2 N–H and O–H groups in total. The molecular weight excluding hydrogens is 332 g/mol. The van der Waals surface area contributed by atoms with Gasteiger partial charge in [-0.2, -0.15) is 4.31 Å². The molecule has 1 rings (SSSR count). The minimum atomic E-state index is -3.72. The number of carbonyl (C=O) groups is 1. The van der Waals surface area contributed by atoms with Gasteiger partial charge in [-0.25, -0.2) is 8.42 Å². The van der Waals surface area contributed by atoms with Crippen LogP contribution >= 0.6 is 15.9 Å². The number of aryl methyl sites for hydroxylation is 1. The summed E-state index contributed by atoms with van der Waals surface area (Å²) in [4.78, 5) is 11.2. The molecule has 0 aromatic heterocycles. The Morgan fingerprint density at radius 2 is 2.00 bits per heavy atom. The first-order valence-electron chi connectivity index (χ1n) is 5.72. The zero-order valence-electron chi connectivity index (χ0n) is 11.1. The fourth-order valence-corrected chi connectivity index (χ4v) is 3.55. The van der Waals surface area contributed by atoms with E-state index in [0.29, 0.717) is 0 Å². The van der Waals surface area contributed by atoms with Gasteiger partial charge in [0.2, 0.25) is 15.9 Å². The van der Waals surface area contributed by atoms with Crippen molar-refractivity contribution in [2.75, 3.05) is 6.54 Å². The molecule has 0 bridgehead atoms.